The lowest BCUT2D eigenvalue weighted by atomic mass is 10.2. The molecule has 0 saturated carbocycles. The number of nitrogens with zero attached hydrogens (tertiary/aromatic N) is 4. The summed E-state index contributed by atoms with van der Waals surface area (Å²) in [6.07, 6.45) is 1.81. The number of amides is 1. The molecule has 1 aromatic carbocycles. The van der Waals surface area contributed by atoms with E-state index in [-0.39, 0.29) is 23.2 Å². The molecule has 1 unspecified atom stereocenters. The summed E-state index contributed by atoms with van der Waals surface area (Å²) in [6, 6.07) is 9.92. The summed E-state index contributed by atoms with van der Waals surface area (Å²) in [7, 11) is -1.26. The number of hydrogen-bond donors (Lipinski definition) is 1. The second kappa shape index (κ2) is 7.09. The van der Waals surface area contributed by atoms with Crippen LogP contribution in [0.25, 0.3) is 0 Å². The first-order chi connectivity index (χ1) is 12.4. The van der Waals surface area contributed by atoms with Crippen molar-refractivity contribution in [2.75, 3.05) is 28.8 Å². The van der Waals surface area contributed by atoms with Crippen molar-refractivity contribution in [3.8, 4) is 6.07 Å². The van der Waals surface area contributed by atoms with E-state index in [0.717, 1.165) is 0 Å². The van der Waals surface area contributed by atoms with Crippen molar-refractivity contribution < 1.29 is 13.2 Å². The van der Waals surface area contributed by atoms with Crippen molar-refractivity contribution in [2.24, 2.45) is 0 Å². The van der Waals surface area contributed by atoms with E-state index in [9.17, 15) is 13.2 Å². The van der Waals surface area contributed by atoms with Crippen molar-refractivity contribution in [1.29, 1.82) is 5.26 Å². The van der Waals surface area contributed by atoms with Gasteiger partial charge in [0.15, 0.2) is 9.84 Å². The molecule has 1 aromatic heterocycles. The van der Waals surface area contributed by atoms with Crippen molar-refractivity contribution in [1.82, 2.24) is 9.97 Å². The molecular formula is C17H17N5O3S. The molecule has 134 valence electrons. The van der Waals surface area contributed by atoms with E-state index in [0.29, 0.717) is 23.5 Å². The zero-order chi connectivity index (χ0) is 18.7. The molecule has 1 atom stereocenters. The number of rotatable bonds is 4. The molecule has 8 nitrogen and oxygen atoms in total. The lowest BCUT2D eigenvalue weighted by molar-refractivity contribution is 0.102. The van der Waals surface area contributed by atoms with Gasteiger partial charge in [-0.2, -0.15) is 5.26 Å². The highest BCUT2D eigenvalue weighted by Crippen LogP contribution is 2.21. The molecule has 0 aliphatic carbocycles. The van der Waals surface area contributed by atoms with Gasteiger partial charge in [0.1, 0.15) is 17.8 Å². The highest BCUT2D eigenvalue weighted by Gasteiger charge is 2.31. The van der Waals surface area contributed by atoms with E-state index in [4.69, 9.17) is 5.26 Å². The van der Waals surface area contributed by atoms with Crippen LogP contribution in [0, 0.1) is 11.3 Å². The number of aromatic nitrogens is 2. The van der Waals surface area contributed by atoms with Gasteiger partial charge >= 0.3 is 0 Å². The number of nitrogens with one attached hydrogen (secondary N) is 1. The van der Waals surface area contributed by atoms with Crippen LogP contribution in [0.2, 0.25) is 0 Å². The Hall–Kier alpha value is -2.99. The first-order valence-corrected chi connectivity index (χ1v) is 9.77. The van der Waals surface area contributed by atoms with Crippen molar-refractivity contribution >= 4 is 27.2 Å². The normalized spacial score (nSPS) is 18.1. The summed E-state index contributed by atoms with van der Waals surface area (Å²) in [6.45, 7) is 0. The fraction of sp³-hybridized carbons (Fsp3) is 0.294. The Morgan fingerprint density at radius 2 is 2.15 bits per heavy atom. The zero-order valence-corrected chi connectivity index (χ0v) is 14.9. The fourth-order valence-electron chi connectivity index (χ4n) is 2.79. The third kappa shape index (κ3) is 3.97. The summed E-state index contributed by atoms with van der Waals surface area (Å²) in [5.41, 5.74) is 1.09. The molecule has 1 fully saturated rings. The summed E-state index contributed by atoms with van der Waals surface area (Å²) in [5.74, 6) is 0.292. The van der Waals surface area contributed by atoms with E-state index in [1.54, 1.807) is 36.2 Å². The smallest absolute Gasteiger partial charge is 0.274 e. The maximum Gasteiger partial charge on any atom is 0.274 e. The number of carbonyl (C=O) groups is 1. The van der Waals surface area contributed by atoms with Gasteiger partial charge in [0.05, 0.1) is 23.1 Å². The molecule has 1 N–H and O–H groups in total. The van der Waals surface area contributed by atoms with Crippen LogP contribution in [0.1, 0.15) is 22.5 Å². The van der Waals surface area contributed by atoms with Gasteiger partial charge in [-0.3, -0.25) is 4.79 Å². The van der Waals surface area contributed by atoms with Crippen molar-refractivity contribution in [3.63, 3.8) is 0 Å². The van der Waals surface area contributed by atoms with Gasteiger partial charge in [0, 0.05) is 24.8 Å². The molecule has 1 aliphatic rings. The predicted molar refractivity (Wildman–Crippen MR) is 96.6 cm³/mol. The van der Waals surface area contributed by atoms with Crippen molar-refractivity contribution in [2.45, 2.75) is 12.5 Å². The van der Waals surface area contributed by atoms with Crippen LogP contribution >= 0.6 is 0 Å². The van der Waals surface area contributed by atoms with Crippen LogP contribution in [-0.4, -0.2) is 48.9 Å². The van der Waals surface area contributed by atoms with E-state index in [1.807, 2.05) is 6.07 Å². The molecule has 26 heavy (non-hydrogen) atoms. The maximum absolute atomic E-state index is 12.4. The number of nitriles is 1. The van der Waals surface area contributed by atoms with Crippen molar-refractivity contribution in [3.05, 3.63) is 47.9 Å². The minimum Gasteiger partial charge on any atom is -0.356 e. The molecule has 0 bridgehead atoms. The number of carbonyl (C=O) groups excluding carboxylic acids is 1. The predicted octanol–water partition coefficient (Wildman–Crippen LogP) is 1.22. The van der Waals surface area contributed by atoms with Gasteiger partial charge in [-0.15, -0.1) is 0 Å². The third-order valence-corrected chi connectivity index (χ3v) is 6.00. The lowest BCUT2D eigenvalue weighted by Gasteiger charge is -2.24. The van der Waals surface area contributed by atoms with Gasteiger partial charge in [0.2, 0.25) is 0 Å². The first kappa shape index (κ1) is 17.8. The first-order valence-electron chi connectivity index (χ1n) is 7.95. The molecule has 0 radical (unpaired) electrons. The van der Waals surface area contributed by atoms with Crippen LogP contribution in [0.4, 0.5) is 11.5 Å². The monoisotopic (exact) mass is 371 g/mol. The molecule has 0 spiro atoms. The Morgan fingerprint density at radius 1 is 1.35 bits per heavy atom. The average molecular weight is 371 g/mol. The average Bonchev–Trinajstić information content (AvgIpc) is 3.01. The number of anilines is 2. The molecule has 1 aliphatic heterocycles. The van der Waals surface area contributed by atoms with Crippen LogP contribution < -0.4 is 10.2 Å². The minimum atomic E-state index is -3.01. The van der Waals surface area contributed by atoms with Gasteiger partial charge in [-0.1, -0.05) is 6.07 Å². The lowest BCUT2D eigenvalue weighted by Crippen LogP contribution is -2.33. The largest absolute Gasteiger partial charge is 0.356 e. The SMILES string of the molecule is CN(c1cc(C(=O)Nc2cccc(C#N)c2)ncn1)C1CCS(=O)(=O)C1. The topological polar surface area (TPSA) is 116 Å². The van der Waals surface area contributed by atoms with E-state index in [2.05, 4.69) is 15.3 Å². The zero-order valence-electron chi connectivity index (χ0n) is 14.1. The molecule has 1 saturated heterocycles. The highest BCUT2D eigenvalue weighted by molar-refractivity contribution is 7.91. The Kier molecular flexibility index (Phi) is 4.86. The third-order valence-electron chi connectivity index (χ3n) is 4.25. The second-order valence-electron chi connectivity index (χ2n) is 6.08. The number of hydrogen-bond acceptors (Lipinski definition) is 7. The maximum atomic E-state index is 12.4. The standard InChI is InChI=1S/C17H17N5O3S/c1-22(14-5-6-26(24,25)10-14)16-8-15(19-11-20-16)17(23)21-13-4-2-3-12(7-13)9-18/h2-4,7-8,11,14H,5-6,10H2,1H3,(H,21,23). The number of sulfone groups is 1. The van der Waals surface area contributed by atoms with E-state index >= 15 is 0 Å². The van der Waals surface area contributed by atoms with Crippen LogP contribution in [-0.2, 0) is 9.84 Å². The van der Waals surface area contributed by atoms with E-state index < -0.39 is 15.7 Å². The number of benzene rings is 1. The Morgan fingerprint density at radius 3 is 2.85 bits per heavy atom. The quantitative estimate of drug-likeness (QED) is 0.859. The highest BCUT2D eigenvalue weighted by atomic mass is 32.2. The fourth-order valence-corrected chi connectivity index (χ4v) is 4.57. The molecule has 2 aromatic rings. The molecule has 1 amide bonds. The summed E-state index contributed by atoms with van der Waals surface area (Å²) in [4.78, 5) is 22.3. The Labute approximate surface area is 151 Å². The molecule has 3 rings (SSSR count). The van der Waals surface area contributed by atoms with Crippen LogP contribution in [0.3, 0.4) is 0 Å². The minimum absolute atomic E-state index is 0.0793. The molecule has 2 heterocycles. The summed E-state index contributed by atoms with van der Waals surface area (Å²) >= 11 is 0. The Balaban J connectivity index is 1.76. The summed E-state index contributed by atoms with van der Waals surface area (Å²) in [5, 5.41) is 11.6. The van der Waals surface area contributed by atoms with Crippen LogP contribution in [0.5, 0.6) is 0 Å². The Bertz CT molecular complexity index is 984. The van der Waals surface area contributed by atoms with Gasteiger partial charge in [-0.25, -0.2) is 18.4 Å². The van der Waals surface area contributed by atoms with Gasteiger partial charge in [-0.05, 0) is 24.6 Å². The molecular weight excluding hydrogens is 354 g/mol. The summed E-state index contributed by atoms with van der Waals surface area (Å²) < 4.78 is 23.3. The second-order valence-corrected chi connectivity index (χ2v) is 8.30. The van der Waals surface area contributed by atoms with E-state index in [1.165, 1.54) is 12.4 Å². The van der Waals surface area contributed by atoms with Crippen LogP contribution in [0.15, 0.2) is 36.7 Å². The van der Waals surface area contributed by atoms with Gasteiger partial charge in [0.25, 0.3) is 5.91 Å². The van der Waals surface area contributed by atoms with Gasteiger partial charge < -0.3 is 10.2 Å². The molecule has 9 heteroatoms.